The number of hydrogen-bond donors (Lipinski definition) is 0. The summed E-state index contributed by atoms with van der Waals surface area (Å²) in [5.74, 6) is -2.39. The zero-order chi connectivity index (χ0) is 13.3. The van der Waals surface area contributed by atoms with Crippen LogP contribution >= 0.6 is 0 Å². The van der Waals surface area contributed by atoms with E-state index in [1.807, 2.05) is 0 Å². The maximum atomic E-state index is 12.8. The van der Waals surface area contributed by atoms with Crippen LogP contribution in [0.25, 0.3) is 0 Å². The Balaban J connectivity index is 2.98. The molecule has 0 radical (unpaired) electrons. The SMILES string of the molecule is O=S(=O)(F)CCc1ccc(F)c(C(F)(F)F)c1. The molecule has 0 saturated carbocycles. The van der Waals surface area contributed by atoms with Crippen LogP contribution < -0.4 is 0 Å². The Morgan fingerprint density at radius 2 is 1.76 bits per heavy atom. The number of aryl methyl sites for hydroxylation is 1. The van der Waals surface area contributed by atoms with Gasteiger partial charge in [0.15, 0.2) is 0 Å². The summed E-state index contributed by atoms with van der Waals surface area (Å²) in [6, 6.07) is 2.03. The molecular formula is C9H7F5O2S. The van der Waals surface area contributed by atoms with Gasteiger partial charge in [0, 0.05) is 0 Å². The first-order valence-electron chi connectivity index (χ1n) is 4.37. The number of hydrogen-bond acceptors (Lipinski definition) is 2. The molecule has 1 aromatic carbocycles. The largest absolute Gasteiger partial charge is 0.419 e. The molecule has 2 nitrogen and oxygen atoms in total. The third-order valence-corrected chi connectivity index (χ3v) is 2.66. The lowest BCUT2D eigenvalue weighted by Crippen LogP contribution is -2.10. The Bertz CT molecular complexity index is 507. The van der Waals surface area contributed by atoms with Gasteiger partial charge in [-0.25, -0.2) is 4.39 Å². The van der Waals surface area contributed by atoms with Gasteiger partial charge in [0.05, 0.1) is 11.3 Å². The smallest absolute Gasteiger partial charge is 0.206 e. The van der Waals surface area contributed by atoms with Gasteiger partial charge in [-0.2, -0.15) is 21.6 Å². The molecule has 0 saturated heterocycles. The fourth-order valence-corrected chi connectivity index (χ4v) is 1.66. The second kappa shape index (κ2) is 4.59. The van der Waals surface area contributed by atoms with Gasteiger partial charge in [-0.05, 0) is 24.1 Å². The molecule has 0 heterocycles. The lowest BCUT2D eigenvalue weighted by molar-refractivity contribution is -0.140. The molecule has 0 bridgehead atoms. The lowest BCUT2D eigenvalue weighted by Gasteiger charge is -2.09. The fraction of sp³-hybridized carbons (Fsp3) is 0.333. The molecule has 17 heavy (non-hydrogen) atoms. The molecule has 1 rings (SSSR count). The zero-order valence-corrected chi connectivity index (χ0v) is 9.08. The van der Waals surface area contributed by atoms with Crippen LogP contribution in [0.15, 0.2) is 18.2 Å². The molecule has 1 aromatic rings. The Morgan fingerprint density at radius 1 is 1.18 bits per heavy atom. The molecule has 0 aromatic heterocycles. The minimum absolute atomic E-state index is 0.0973. The van der Waals surface area contributed by atoms with Gasteiger partial charge in [0.1, 0.15) is 5.82 Å². The van der Waals surface area contributed by atoms with Crippen molar-refractivity contribution >= 4 is 10.2 Å². The van der Waals surface area contributed by atoms with Crippen LogP contribution in [-0.2, 0) is 22.8 Å². The summed E-state index contributed by atoms with van der Waals surface area (Å²) in [6.07, 6.45) is -5.31. The molecule has 0 spiro atoms. The van der Waals surface area contributed by atoms with Crippen molar-refractivity contribution < 1.29 is 29.9 Å². The van der Waals surface area contributed by atoms with Crippen LogP contribution in [0.5, 0.6) is 0 Å². The first kappa shape index (κ1) is 13.9. The van der Waals surface area contributed by atoms with Crippen molar-refractivity contribution in [3.63, 3.8) is 0 Å². The number of alkyl halides is 3. The van der Waals surface area contributed by atoms with E-state index in [-0.39, 0.29) is 5.56 Å². The predicted molar refractivity (Wildman–Crippen MR) is 50.0 cm³/mol. The topological polar surface area (TPSA) is 34.1 Å². The average Bonchev–Trinajstić information content (AvgIpc) is 2.13. The fourth-order valence-electron chi connectivity index (χ4n) is 1.18. The van der Waals surface area contributed by atoms with Crippen molar-refractivity contribution in [2.24, 2.45) is 0 Å². The molecule has 0 aliphatic carbocycles. The molecule has 0 amide bonds. The van der Waals surface area contributed by atoms with E-state index < -0.39 is 40.0 Å². The van der Waals surface area contributed by atoms with Crippen molar-refractivity contribution in [1.82, 2.24) is 0 Å². The van der Waals surface area contributed by atoms with Gasteiger partial charge in [-0.3, -0.25) is 0 Å². The second-order valence-electron chi connectivity index (χ2n) is 3.30. The molecule has 96 valence electrons. The second-order valence-corrected chi connectivity index (χ2v) is 4.79. The van der Waals surface area contributed by atoms with Gasteiger partial charge in [0.25, 0.3) is 0 Å². The van der Waals surface area contributed by atoms with Crippen molar-refractivity contribution in [2.45, 2.75) is 12.6 Å². The van der Waals surface area contributed by atoms with E-state index in [2.05, 4.69) is 0 Å². The van der Waals surface area contributed by atoms with Crippen LogP contribution in [0.1, 0.15) is 11.1 Å². The van der Waals surface area contributed by atoms with Crippen molar-refractivity contribution in [1.29, 1.82) is 0 Å². The summed E-state index contributed by atoms with van der Waals surface area (Å²) in [6.45, 7) is 0. The summed E-state index contributed by atoms with van der Waals surface area (Å²) in [5, 5.41) is 0. The molecule has 0 unspecified atom stereocenters. The number of halogens is 5. The highest BCUT2D eigenvalue weighted by Gasteiger charge is 2.34. The zero-order valence-electron chi connectivity index (χ0n) is 8.26. The average molecular weight is 274 g/mol. The van der Waals surface area contributed by atoms with E-state index >= 15 is 0 Å². The maximum Gasteiger partial charge on any atom is 0.419 e. The van der Waals surface area contributed by atoms with Crippen molar-refractivity contribution in [3.8, 4) is 0 Å². The number of benzene rings is 1. The Hall–Kier alpha value is -1.18. The molecule has 8 heteroatoms. The van der Waals surface area contributed by atoms with E-state index in [1.165, 1.54) is 0 Å². The van der Waals surface area contributed by atoms with Crippen LogP contribution in [-0.4, -0.2) is 14.2 Å². The minimum atomic E-state index is -4.87. The highest BCUT2D eigenvalue weighted by molar-refractivity contribution is 7.86. The molecule has 0 atom stereocenters. The third kappa shape index (κ3) is 4.29. The van der Waals surface area contributed by atoms with E-state index in [0.717, 1.165) is 6.07 Å². The Labute approximate surface area is 94.3 Å². The highest BCUT2D eigenvalue weighted by Crippen LogP contribution is 2.31. The summed E-state index contributed by atoms with van der Waals surface area (Å²) in [4.78, 5) is 0. The van der Waals surface area contributed by atoms with E-state index in [0.29, 0.717) is 12.1 Å². The summed E-state index contributed by atoms with van der Waals surface area (Å²) in [7, 11) is -4.76. The predicted octanol–water partition coefficient (Wildman–Crippen LogP) is 2.69. The van der Waals surface area contributed by atoms with Gasteiger partial charge in [-0.15, -0.1) is 3.89 Å². The molecule has 0 aliphatic rings. The number of rotatable bonds is 3. The maximum absolute atomic E-state index is 12.8. The minimum Gasteiger partial charge on any atom is -0.206 e. The summed E-state index contributed by atoms with van der Waals surface area (Å²) >= 11 is 0. The van der Waals surface area contributed by atoms with E-state index in [9.17, 15) is 29.9 Å². The van der Waals surface area contributed by atoms with Gasteiger partial charge in [-0.1, -0.05) is 6.07 Å². The summed E-state index contributed by atoms with van der Waals surface area (Å²) < 4.78 is 82.2. The Morgan fingerprint density at radius 3 is 2.24 bits per heavy atom. The van der Waals surface area contributed by atoms with Gasteiger partial charge < -0.3 is 0 Å². The first-order chi connectivity index (χ1) is 7.59. The lowest BCUT2D eigenvalue weighted by atomic mass is 10.1. The Kier molecular flexibility index (Phi) is 3.75. The third-order valence-electron chi connectivity index (χ3n) is 1.97. The van der Waals surface area contributed by atoms with Crippen LogP contribution in [0.3, 0.4) is 0 Å². The van der Waals surface area contributed by atoms with Gasteiger partial charge >= 0.3 is 16.4 Å². The molecule has 0 aliphatic heterocycles. The van der Waals surface area contributed by atoms with E-state index in [4.69, 9.17) is 0 Å². The van der Waals surface area contributed by atoms with Crippen LogP contribution in [0, 0.1) is 5.82 Å². The van der Waals surface area contributed by atoms with Crippen LogP contribution in [0.4, 0.5) is 21.4 Å². The van der Waals surface area contributed by atoms with Crippen molar-refractivity contribution in [3.05, 3.63) is 35.1 Å². The normalized spacial score (nSPS) is 12.8. The van der Waals surface area contributed by atoms with Gasteiger partial charge in [0.2, 0.25) is 0 Å². The van der Waals surface area contributed by atoms with Crippen molar-refractivity contribution in [2.75, 3.05) is 5.75 Å². The molecule has 0 N–H and O–H groups in total. The first-order valence-corrected chi connectivity index (χ1v) is 5.93. The summed E-state index contributed by atoms with van der Waals surface area (Å²) in [5.41, 5.74) is -1.59. The van der Waals surface area contributed by atoms with Crippen LogP contribution in [0.2, 0.25) is 0 Å². The standard InChI is InChI=1S/C9H7F5O2S/c10-8-2-1-6(3-4-17(14,15)16)5-7(8)9(11,12)13/h1-2,5H,3-4H2. The monoisotopic (exact) mass is 274 g/mol. The quantitative estimate of drug-likeness (QED) is 0.627. The van der Waals surface area contributed by atoms with E-state index in [1.54, 1.807) is 0 Å². The highest BCUT2D eigenvalue weighted by atomic mass is 32.3. The molecular weight excluding hydrogens is 267 g/mol. The molecule has 0 fully saturated rings.